The minimum atomic E-state index is -3.25. The number of carboxylic acid groups (broad SMARTS) is 1. The quantitative estimate of drug-likeness (QED) is 0.284. The maximum atomic E-state index is 10.0. The molecule has 4 radical (unpaired) electrons. The van der Waals surface area contributed by atoms with Crippen molar-refractivity contribution in [2.24, 2.45) is 0 Å². The third kappa shape index (κ3) is 6.43. The summed E-state index contributed by atoms with van der Waals surface area (Å²) in [4.78, 5) is 18.0. The van der Waals surface area contributed by atoms with Gasteiger partial charge in [-0.3, -0.25) is 0 Å². The van der Waals surface area contributed by atoms with Crippen LogP contribution < -0.4 is 0 Å². The van der Waals surface area contributed by atoms with Crippen LogP contribution in [-0.2, 0) is 9.59 Å². The van der Waals surface area contributed by atoms with Crippen molar-refractivity contribution < 1.29 is 40.2 Å². The van der Waals surface area contributed by atoms with Crippen molar-refractivity contribution in [1.82, 2.24) is 0 Å². The topological polar surface area (TPSA) is 156 Å². The van der Waals surface area contributed by atoms with Crippen molar-refractivity contribution in [2.45, 2.75) is 25.4 Å². The second-order valence-electron chi connectivity index (χ2n) is 2.22. The van der Waals surface area contributed by atoms with Gasteiger partial charge in [0, 0.05) is 7.43 Å². The normalized spacial score (nSPS) is 13.1. The molecule has 0 bridgehead atoms. The molecule has 2 unspecified atom stereocenters. The van der Waals surface area contributed by atoms with Crippen molar-refractivity contribution in [3.05, 3.63) is 7.43 Å². The number of carboxylic acids is 1. The molecule has 0 amide bonds. The van der Waals surface area contributed by atoms with Gasteiger partial charge >= 0.3 is 5.97 Å². The van der Waals surface area contributed by atoms with E-state index in [-0.39, 0.29) is 14.9 Å². The number of rotatable bonds is 4. The van der Waals surface area contributed by atoms with E-state index in [0.29, 0.717) is 0 Å². The summed E-state index contributed by atoms with van der Waals surface area (Å²) in [6, 6.07) is 0. The molecule has 0 aliphatic rings. The summed E-state index contributed by atoms with van der Waals surface area (Å²) >= 11 is 0. The Labute approximate surface area is 93.4 Å². The molecule has 2 atom stereocenters. The Balaban J connectivity index is -0.000000169. The van der Waals surface area contributed by atoms with Crippen LogP contribution in [0.2, 0.25) is 0 Å². The van der Waals surface area contributed by atoms with Gasteiger partial charge in [-0.1, -0.05) is 7.43 Å². The molecule has 0 fully saturated rings. The summed E-state index contributed by atoms with van der Waals surface area (Å²) in [6.07, 6.45) is -4.71. The van der Waals surface area contributed by atoms with Crippen LogP contribution in [-0.4, -0.2) is 68.0 Å². The van der Waals surface area contributed by atoms with Crippen LogP contribution in [0.5, 0.6) is 0 Å². The van der Waals surface area contributed by atoms with Gasteiger partial charge in [0.25, 0.3) is 0 Å². The molecule has 0 saturated carbocycles. The van der Waals surface area contributed by atoms with Crippen LogP contribution in [0.25, 0.3) is 0 Å². The second-order valence-corrected chi connectivity index (χ2v) is 2.22. The van der Waals surface area contributed by atoms with Crippen molar-refractivity contribution in [3.8, 4) is 0 Å². The molecule has 6 N–H and O–H groups in total. The standard InChI is InChI=1S/C5H10O7.CH2O.CH4.C/c6-1-2(7)5(11,12)3(8)4(9)10;1-2;;/h2-3,6-8,11-12H,1H2,(H,9,10);1H2;1H4;. The van der Waals surface area contributed by atoms with Gasteiger partial charge in [-0.25, -0.2) is 4.79 Å². The predicted octanol–water partition coefficient (Wildman–Crippen LogP) is -3.00. The lowest BCUT2D eigenvalue weighted by atomic mass is 10.0. The van der Waals surface area contributed by atoms with Gasteiger partial charge in [-0.2, -0.15) is 0 Å². The first-order chi connectivity index (χ1) is 6.34. The molecule has 0 aliphatic heterocycles. The van der Waals surface area contributed by atoms with E-state index in [0.717, 1.165) is 0 Å². The maximum absolute atomic E-state index is 10.0. The average Bonchev–Trinajstić information content (AvgIpc) is 2.18. The first kappa shape index (κ1) is 24.3. The first-order valence-electron chi connectivity index (χ1n) is 3.27. The second kappa shape index (κ2) is 10.5. The molecule has 8 nitrogen and oxygen atoms in total. The molecule has 0 aliphatic carbocycles. The number of aliphatic hydroxyl groups excluding tert-OH is 3. The first-order valence-corrected chi connectivity index (χ1v) is 3.27. The van der Waals surface area contributed by atoms with Crippen LogP contribution in [0.4, 0.5) is 0 Å². The van der Waals surface area contributed by atoms with Gasteiger partial charge in [0.1, 0.15) is 12.9 Å². The van der Waals surface area contributed by atoms with E-state index in [9.17, 15) is 4.79 Å². The van der Waals surface area contributed by atoms with Gasteiger partial charge < -0.3 is 35.4 Å². The number of hydrogen-bond acceptors (Lipinski definition) is 7. The van der Waals surface area contributed by atoms with E-state index >= 15 is 0 Å². The van der Waals surface area contributed by atoms with E-state index in [1.54, 1.807) is 0 Å². The van der Waals surface area contributed by atoms with E-state index in [2.05, 4.69) is 0 Å². The SMILES string of the molecule is C.C=O.O=C(O)C(O)C(O)(O)C(O)CO.[C]. The summed E-state index contributed by atoms with van der Waals surface area (Å²) in [5.41, 5.74) is 0. The monoisotopic (exact) mass is 240 g/mol. The highest BCUT2D eigenvalue weighted by atomic mass is 16.6. The molecule has 16 heavy (non-hydrogen) atoms. The fraction of sp³-hybridized carbons (Fsp3) is 0.625. The van der Waals surface area contributed by atoms with Crippen LogP contribution in [0.3, 0.4) is 0 Å². The highest BCUT2D eigenvalue weighted by molar-refractivity contribution is 5.73. The number of carbonyl (C=O) groups is 2. The van der Waals surface area contributed by atoms with Crippen LogP contribution in [0, 0.1) is 7.43 Å². The Bertz CT molecular complexity index is 181. The number of hydrogen-bond donors (Lipinski definition) is 6. The highest BCUT2D eigenvalue weighted by Crippen LogP contribution is 2.12. The van der Waals surface area contributed by atoms with Gasteiger partial charge in [0.05, 0.1) is 6.61 Å². The lowest BCUT2D eigenvalue weighted by Crippen LogP contribution is -2.56. The molecule has 8 heteroatoms. The Kier molecular flexibility index (Phi) is 15.9. The molecule has 96 valence electrons. The molecular weight excluding hydrogens is 224 g/mol. The fourth-order valence-electron chi connectivity index (χ4n) is 0.498. The summed E-state index contributed by atoms with van der Waals surface area (Å²) in [5, 5.41) is 51.0. The summed E-state index contributed by atoms with van der Waals surface area (Å²) in [7, 11) is 0. The van der Waals surface area contributed by atoms with Gasteiger partial charge in [0.2, 0.25) is 11.9 Å². The summed E-state index contributed by atoms with van der Waals surface area (Å²) in [6.45, 7) is 0.928. The van der Waals surface area contributed by atoms with E-state index in [4.69, 9.17) is 35.4 Å². The Morgan fingerprint density at radius 3 is 1.75 bits per heavy atom. The van der Waals surface area contributed by atoms with Crippen molar-refractivity contribution in [2.75, 3.05) is 6.61 Å². The minimum absolute atomic E-state index is 0. The van der Waals surface area contributed by atoms with Gasteiger partial charge in [-0.15, -0.1) is 0 Å². The van der Waals surface area contributed by atoms with Crippen LogP contribution in [0.1, 0.15) is 7.43 Å². The fourth-order valence-corrected chi connectivity index (χ4v) is 0.498. The van der Waals surface area contributed by atoms with Crippen LogP contribution >= 0.6 is 0 Å². The molecule has 0 rings (SSSR count). The third-order valence-corrected chi connectivity index (χ3v) is 1.30. The Hall–Kier alpha value is -1.06. The largest absolute Gasteiger partial charge is 0.479 e. The highest BCUT2D eigenvalue weighted by Gasteiger charge is 2.44. The van der Waals surface area contributed by atoms with Crippen molar-refractivity contribution in [3.63, 3.8) is 0 Å². The average molecular weight is 240 g/mol. The van der Waals surface area contributed by atoms with Crippen LogP contribution in [0.15, 0.2) is 0 Å². The Morgan fingerprint density at radius 1 is 1.25 bits per heavy atom. The van der Waals surface area contributed by atoms with E-state index in [1.165, 1.54) is 0 Å². The molecular formula is C8H16O8. The van der Waals surface area contributed by atoms with Crippen molar-refractivity contribution in [1.29, 1.82) is 0 Å². The molecule has 0 aromatic rings. The molecule has 0 heterocycles. The third-order valence-electron chi connectivity index (χ3n) is 1.30. The van der Waals surface area contributed by atoms with Gasteiger partial charge in [0.15, 0.2) is 0 Å². The number of carbonyl (C=O) groups excluding carboxylic acids is 1. The maximum Gasteiger partial charge on any atom is 0.338 e. The molecule has 0 aromatic heterocycles. The smallest absolute Gasteiger partial charge is 0.338 e. The van der Waals surface area contributed by atoms with Crippen molar-refractivity contribution >= 4 is 12.8 Å². The zero-order valence-electron chi connectivity index (χ0n) is 7.57. The lowest BCUT2D eigenvalue weighted by molar-refractivity contribution is -0.277. The summed E-state index contributed by atoms with van der Waals surface area (Å²) < 4.78 is 0. The molecule has 0 aromatic carbocycles. The molecule has 0 spiro atoms. The zero-order chi connectivity index (χ0) is 11.9. The number of aliphatic carboxylic acids is 1. The Morgan fingerprint density at radius 2 is 1.56 bits per heavy atom. The molecule has 0 saturated heterocycles. The van der Waals surface area contributed by atoms with E-state index in [1.807, 2.05) is 6.79 Å². The zero-order valence-corrected chi connectivity index (χ0v) is 7.57. The van der Waals surface area contributed by atoms with Gasteiger partial charge in [-0.05, 0) is 0 Å². The number of aliphatic hydroxyl groups is 5. The minimum Gasteiger partial charge on any atom is -0.479 e. The predicted molar refractivity (Wildman–Crippen MR) is 51.0 cm³/mol. The lowest BCUT2D eigenvalue weighted by Gasteiger charge is -2.28. The summed E-state index contributed by atoms with van der Waals surface area (Å²) in [5.74, 6) is -5.16. The van der Waals surface area contributed by atoms with E-state index < -0.39 is 30.6 Å².